The van der Waals surface area contributed by atoms with Crippen LogP contribution in [0.5, 0.6) is 0 Å². The molecule has 0 spiro atoms. The zero-order valence-electron chi connectivity index (χ0n) is 9.18. The van der Waals surface area contributed by atoms with Gasteiger partial charge in [-0.2, -0.15) is 0 Å². The largest absolute Gasteiger partial charge is 0.388 e. The second kappa shape index (κ2) is 4.21. The summed E-state index contributed by atoms with van der Waals surface area (Å²) >= 11 is 0. The van der Waals surface area contributed by atoms with Gasteiger partial charge in [0.2, 0.25) is 0 Å². The van der Waals surface area contributed by atoms with Crippen LogP contribution >= 0.6 is 0 Å². The van der Waals surface area contributed by atoms with E-state index in [1.54, 1.807) is 7.11 Å². The maximum Gasteiger partial charge on any atom is 0.102 e. The number of aliphatic hydroxyl groups excluding tert-OH is 1. The molecule has 1 aromatic rings. The predicted octanol–water partition coefficient (Wildman–Crippen LogP) is 1.19. The molecule has 1 aromatic carbocycles. The Hall–Kier alpha value is -1.06. The quantitative estimate of drug-likeness (QED) is 0.790. The number of ether oxygens (including phenoxy) is 1. The molecule has 2 rings (SSSR count). The Morgan fingerprint density at radius 3 is 2.67 bits per heavy atom. The number of β-amino-alcohol motifs (C(OH)–C–C–N with tert-alkyl or cyclic N) is 1. The fourth-order valence-electron chi connectivity index (χ4n) is 2.10. The minimum Gasteiger partial charge on any atom is -0.388 e. The summed E-state index contributed by atoms with van der Waals surface area (Å²) in [7, 11) is 1.65. The third-order valence-corrected chi connectivity index (χ3v) is 3.00. The molecule has 0 bridgehead atoms. The van der Waals surface area contributed by atoms with Gasteiger partial charge in [-0.25, -0.2) is 0 Å². The van der Waals surface area contributed by atoms with E-state index in [1.807, 2.05) is 12.1 Å². The number of para-hydroxylation sites is 1. The summed E-state index contributed by atoms with van der Waals surface area (Å²) in [6, 6.07) is 8.22. The standard InChI is InChI=1S/C12H17NO2/c1-9-5-3-4-6-10(9)13-7-11(14)12(8-13)15-2/h3-6,11-12,14H,7-8H2,1-2H3/t11-,12?/m1/s1. The van der Waals surface area contributed by atoms with Gasteiger partial charge < -0.3 is 14.7 Å². The summed E-state index contributed by atoms with van der Waals surface area (Å²) in [5, 5.41) is 9.74. The Morgan fingerprint density at radius 2 is 2.07 bits per heavy atom. The number of methoxy groups -OCH3 is 1. The molecule has 2 atom stereocenters. The van der Waals surface area contributed by atoms with Crippen molar-refractivity contribution in [1.29, 1.82) is 0 Å². The number of aryl methyl sites for hydroxylation is 1. The SMILES string of the molecule is COC1CN(c2ccccc2C)C[C@H]1O. The van der Waals surface area contributed by atoms with Crippen molar-refractivity contribution in [3.8, 4) is 0 Å². The van der Waals surface area contributed by atoms with Crippen molar-refractivity contribution in [2.24, 2.45) is 0 Å². The van der Waals surface area contributed by atoms with Gasteiger partial charge in [0.15, 0.2) is 0 Å². The van der Waals surface area contributed by atoms with Crippen LogP contribution in [0.1, 0.15) is 5.56 Å². The monoisotopic (exact) mass is 207 g/mol. The van der Waals surface area contributed by atoms with Gasteiger partial charge in [0.05, 0.1) is 6.10 Å². The van der Waals surface area contributed by atoms with Crippen LogP contribution in [-0.2, 0) is 4.74 Å². The summed E-state index contributed by atoms with van der Waals surface area (Å²) < 4.78 is 5.22. The van der Waals surface area contributed by atoms with E-state index >= 15 is 0 Å². The lowest BCUT2D eigenvalue weighted by Crippen LogP contribution is -2.25. The molecule has 1 heterocycles. The number of hydrogen-bond acceptors (Lipinski definition) is 3. The van der Waals surface area contributed by atoms with Gasteiger partial charge in [0, 0.05) is 25.9 Å². The van der Waals surface area contributed by atoms with Gasteiger partial charge in [0.1, 0.15) is 6.10 Å². The third kappa shape index (κ3) is 1.98. The van der Waals surface area contributed by atoms with Gasteiger partial charge in [-0.05, 0) is 18.6 Å². The van der Waals surface area contributed by atoms with E-state index in [-0.39, 0.29) is 12.2 Å². The zero-order valence-corrected chi connectivity index (χ0v) is 9.18. The van der Waals surface area contributed by atoms with Gasteiger partial charge in [0.25, 0.3) is 0 Å². The highest BCUT2D eigenvalue weighted by Gasteiger charge is 2.31. The molecular weight excluding hydrogens is 190 g/mol. The molecule has 1 aliphatic heterocycles. The highest BCUT2D eigenvalue weighted by molar-refractivity contribution is 5.54. The maximum absolute atomic E-state index is 9.74. The minimum atomic E-state index is -0.380. The van der Waals surface area contributed by atoms with Gasteiger partial charge in [-0.1, -0.05) is 18.2 Å². The lowest BCUT2D eigenvalue weighted by atomic mass is 10.2. The van der Waals surface area contributed by atoms with E-state index in [0.717, 1.165) is 6.54 Å². The molecule has 0 saturated carbocycles. The molecule has 1 N–H and O–H groups in total. The van der Waals surface area contributed by atoms with Crippen LogP contribution in [0.25, 0.3) is 0 Å². The fourth-order valence-corrected chi connectivity index (χ4v) is 2.10. The second-order valence-electron chi connectivity index (χ2n) is 4.03. The van der Waals surface area contributed by atoms with Gasteiger partial charge in [-0.15, -0.1) is 0 Å². The van der Waals surface area contributed by atoms with Gasteiger partial charge in [-0.3, -0.25) is 0 Å². The van der Waals surface area contributed by atoms with Crippen LogP contribution in [0, 0.1) is 6.92 Å². The number of benzene rings is 1. The fraction of sp³-hybridized carbons (Fsp3) is 0.500. The van der Waals surface area contributed by atoms with Crippen LogP contribution in [-0.4, -0.2) is 37.5 Å². The topological polar surface area (TPSA) is 32.7 Å². The molecule has 0 radical (unpaired) electrons. The molecule has 0 aromatic heterocycles. The van der Waals surface area contributed by atoms with E-state index in [0.29, 0.717) is 6.54 Å². The molecular formula is C12H17NO2. The van der Waals surface area contributed by atoms with Crippen molar-refractivity contribution in [1.82, 2.24) is 0 Å². The van der Waals surface area contributed by atoms with Crippen LogP contribution in [0.15, 0.2) is 24.3 Å². The normalized spacial score (nSPS) is 25.9. The number of hydrogen-bond donors (Lipinski definition) is 1. The summed E-state index contributed by atoms with van der Waals surface area (Å²) in [5.74, 6) is 0. The summed E-state index contributed by atoms with van der Waals surface area (Å²) in [4.78, 5) is 2.17. The Balaban J connectivity index is 2.17. The zero-order chi connectivity index (χ0) is 10.8. The van der Waals surface area contributed by atoms with Crippen molar-refractivity contribution >= 4 is 5.69 Å². The predicted molar refractivity (Wildman–Crippen MR) is 60.2 cm³/mol. The first-order chi connectivity index (χ1) is 7.22. The highest BCUT2D eigenvalue weighted by Crippen LogP contribution is 2.24. The molecule has 1 fully saturated rings. The first-order valence-electron chi connectivity index (χ1n) is 5.24. The average molecular weight is 207 g/mol. The highest BCUT2D eigenvalue weighted by atomic mass is 16.5. The van der Waals surface area contributed by atoms with Crippen molar-refractivity contribution in [2.75, 3.05) is 25.1 Å². The summed E-state index contributed by atoms with van der Waals surface area (Å²) in [6.45, 7) is 3.51. The smallest absolute Gasteiger partial charge is 0.102 e. The van der Waals surface area contributed by atoms with Crippen LogP contribution in [0.2, 0.25) is 0 Å². The van der Waals surface area contributed by atoms with Crippen molar-refractivity contribution < 1.29 is 9.84 Å². The molecule has 1 aliphatic rings. The number of aliphatic hydroxyl groups is 1. The molecule has 15 heavy (non-hydrogen) atoms. The average Bonchev–Trinajstić information content (AvgIpc) is 2.60. The lowest BCUT2D eigenvalue weighted by Gasteiger charge is -2.20. The summed E-state index contributed by atoms with van der Waals surface area (Å²) in [5.41, 5.74) is 2.43. The molecule has 1 saturated heterocycles. The summed E-state index contributed by atoms with van der Waals surface area (Å²) in [6.07, 6.45) is -0.445. The van der Waals surface area contributed by atoms with E-state index in [2.05, 4.69) is 24.0 Å². The Labute approximate surface area is 90.3 Å². The molecule has 82 valence electrons. The van der Waals surface area contributed by atoms with E-state index in [9.17, 15) is 5.11 Å². The minimum absolute atomic E-state index is 0.0652. The van der Waals surface area contributed by atoms with E-state index in [1.165, 1.54) is 11.3 Å². The Kier molecular flexibility index (Phi) is 2.93. The number of nitrogens with zero attached hydrogens (tertiary/aromatic N) is 1. The third-order valence-electron chi connectivity index (χ3n) is 3.00. The van der Waals surface area contributed by atoms with Crippen molar-refractivity contribution in [2.45, 2.75) is 19.1 Å². The Morgan fingerprint density at radius 1 is 1.33 bits per heavy atom. The molecule has 3 heteroatoms. The van der Waals surface area contributed by atoms with E-state index in [4.69, 9.17) is 4.74 Å². The number of anilines is 1. The van der Waals surface area contributed by atoms with Crippen molar-refractivity contribution in [3.05, 3.63) is 29.8 Å². The van der Waals surface area contributed by atoms with E-state index < -0.39 is 0 Å². The molecule has 0 aliphatic carbocycles. The maximum atomic E-state index is 9.74. The first-order valence-corrected chi connectivity index (χ1v) is 5.24. The lowest BCUT2D eigenvalue weighted by molar-refractivity contribution is 0.0217. The number of rotatable bonds is 2. The molecule has 0 amide bonds. The van der Waals surface area contributed by atoms with Crippen LogP contribution in [0.3, 0.4) is 0 Å². The molecule has 3 nitrogen and oxygen atoms in total. The Bertz CT molecular complexity index is 340. The van der Waals surface area contributed by atoms with Crippen LogP contribution in [0.4, 0.5) is 5.69 Å². The van der Waals surface area contributed by atoms with Gasteiger partial charge >= 0.3 is 0 Å². The second-order valence-corrected chi connectivity index (χ2v) is 4.03. The first kappa shape index (κ1) is 10.5. The van der Waals surface area contributed by atoms with Crippen LogP contribution < -0.4 is 4.90 Å². The molecule has 1 unspecified atom stereocenters. The van der Waals surface area contributed by atoms with Crippen molar-refractivity contribution in [3.63, 3.8) is 0 Å².